The Bertz CT molecular complexity index is 359. The number of unbranched alkanes of at least 4 members (excludes halogenated alkanes) is 1. The first-order valence-electron chi connectivity index (χ1n) is 6.15. The number of carbonyl (C=O) groups excluding carboxylic acids is 1. The van der Waals surface area contributed by atoms with Gasteiger partial charge >= 0.3 is 0 Å². The van der Waals surface area contributed by atoms with Crippen molar-refractivity contribution in [3.8, 4) is 0 Å². The van der Waals surface area contributed by atoms with Crippen molar-refractivity contribution in [2.24, 2.45) is 0 Å². The molecule has 0 atom stereocenters. The molecule has 0 unspecified atom stereocenters. The van der Waals surface area contributed by atoms with Crippen LogP contribution in [0, 0.1) is 0 Å². The van der Waals surface area contributed by atoms with Crippen molar-refractivity contribution in [3.63, 3.8) is 0 Å². The summed E-state index contributed by atoms with van der Waals surface area (Å²) in [6.45, 7) is 6.98. The fourth-order valence-corrected chi connectivity index (χ4v) is 1.46. The fraction of sp³-hybridized carbons (Fsp3) is 0.615. The van der Waals surface area contributed by atoms with Gasteiger partial charge in [0.05, 0.1) is 5.69 Å². The van der Waals surface area contributed by atoms with Gasteiger partial charge in [-0.25, -0.2) is 0 Å². The van der Waals surface area contributed by atoms with Crippen LogP contribution in [0.15, 0.2) is 12.1 Å². The number of hydrogen-bond donors (Lipinski definition) is 0. The van der Waals surface area contributed by atoms with Gasteiger partial charge < -0.3 is 4.90 Å². The maximum Gasteiger partial charge on any atom is 0.274 e. The minimum absolute atomic E-state index is 0.0544. The number of nitrogens with zero attached hydrogens (tertiary/aromatic N) is 3. The highest BCUT2D eigenvalue weighted by Crippen LogP contribution is 2.10. The van der Waals surface area contributed by atoms with E-state index in [0.29, 0.717) is 11.6 Å². The second-order valence-electron chi connectivity index (χ2n) is 4.58. The molecule has 94 valence electrons. The molecular weight excluding hydrogens is 214 g/mol. The molecule has 1 aromatic rings. The molecule has 1 amide bonds. The molecule has 1 aromatic heterocycles. The molecule has 0 bridgehead atoms. The summed E-state index contributed by atoms with van der Waals surface area (Å²) in [7, 11) is 1.80. The molecule has 0 saturated heterocycles. The van der Waals surface area contributed by atoms with Gasteiger partial charge in [-0.15, -0.1) is 5.10 Å². The minimum Gasteiger partial charge on any atom is -0.340 e. The third kappa shape index (κ3) is 3.80. The first-order valence-corrected chi connectivity index (χ1v) is 6.15. The first kappa shape index (κ1) is 13.6. The molecule has 0 spiro atoms. The summed E-state index contributed by atoms with van der Waals surface area (Å²) in [6, 6.07) is 3.63. The van der Waals surface area contributed by atoms with Crippen LogP contribution in [0.25, 0.3) is 0 Å². The summed E-state index contributed by atoms with van der Waals surface area (Å²) >= 11 is 0. The molecule has 1 heterocycles. The van der Waals surface area contributed by atoms with Gasteiger partial charge in [0, 0.05) is 13.6 Å². The van der Waals surface area contributed by atoms with Crippen molar-refractivity contribution < 1.29 is 4.79 Å². The molecule has 1 rings (SSSR count). The average molecular weight is 235 g/mol. The predicted octanol–water partition coefficient (Wildman–Crippen LogP) is 2.47. The quantitative estimate of drug-likeness (QED) is 0.787. The molecule has 0 aliphatic heterocycles. The highest BCUT2D eigenvalue weighted by molar-refractivity contribution is 5.91. The minimum atomic E-state index is -0.0544. The van der Waals surface area contributed by atoms with Gasteiger partial charge in [0.25, 0.3) is 5.91 Å². The van der Waals surface area contributed by atoms with E-state index in [0.717, 1.165) is 25.1 Å². The van der Waals surface area contributed by atoms with Crippen molar-refractivity contribution in [1.82, 2.24) is 15.1 Å². The highest BCUT2D eigenvalue weighted by Gasteiger charge is 2.13. The molecule has 0 fully saturated rings. The second kappa shape index (κ2) is 6.33. The molecular formula is C13H21N3O. The Morgan fingerprint density at radius 1 is 1.35 bits per heavy atom. The van der Waals surface area contributed by atoms with E-state index < -0.39 is 0 Å². The van der Waals surface area contributed by atoms with Crippen LogP contribution in [0.5, 0.6) is 0 Å². The summed E-state index contributed by atoms with van der Waals surface area (Å²) in [4.78, 5) is 13.7. The molecule has 4 heteroatoms. The van der Waals surface area contributed by atoms with Crippen LogP contribution < -0.4 is 0 Å². The van der Waals surface area contributed by atoms with Crippen molar-refractivity contribution in [2.75, 3.05) is 13.6 Å². The number of rotatable bonds is 5. The SMILES string of the molecule is CCCCN(C)C(=O)c1ccc(C(C)C)nn1. The maximum atomic E-state index is 12.0. The Kier molecular flexibility index (Phi) is 5.07. The molecule has 0 aromatic carbocycles. The summed E-state index contributed by atoms with van der Waals surface area (Å²) in [5.41, 5.74) is 1.34. The van der Waals surface area contributed by atoms with E-state index in [1.54, 1.807) is 18.0 Å². The van der Waals surface area contributed by atoms with Gasteiger partial charge in [-0.3, -0.25) is 4.79 Å². The van der Waals surface area contributed by atoms with Crippen molar-refractivity contribution >= 4 is 5.91 Å². The van der Waals surface area contributed by atoms with Gasteiger partial charge in [-0.2, -0.15) is 5.10 Å². The van der Waals surface area contributed by atoms with E-state index >= 15 is 0 Å². The van der Waals surface area contributed by atoms with Crippen LogP contribution in [0.4, 0.5) is 0 Å². The lowest BCUT2D eigenvalue weighted by molar-refractivity contribution is 0.0786. The van der Waals surface area contributed by atoms with Crippen LogP contribution in [-0.2, 0) is 0 Å². The molecule has 0 radical (unpaired) electrons. The molecule has 17 heavy (non-hydrogen) atoms. The third-order valence-electron chi connectivity index (χ3n) is 2.69. The standard InChI is InChI=1S/C13H21N3O/c1-5-6-9-16(4)13(17)12-8-7-11(10(2)3)14-15-12/h7-8,10H,5-6,9H2,1-4H3. The smallest absolute Gasteiger partial charge is 0.274 e. The van der Waals surface area contributed by atoms with E-state index in [2.05, 4.69) is 31.0 Å². The van der Waals surface area contributed by atoms with E-state index in [4.69, 9.17) is 0 Å². The van der Waals surface area contributed by atoms with Crippen LogP contribution in [-0.4, -0.2) is 34.6 Å². The van der Waals surface area contributed by atoms with Gasteiger partial charge in [-0.1, -0.05) is 27.2 Å². The van der Waals surface area contributed by atoms with Crippen LogP contribution >= 0.6 is 0 Å². The van der Waals surface area contributed by atoms with Crippen molar-refractivity contribution in [3.05, 3.63) is 23.5 Å². The number of hydrogen-bond acceptors (Lipinski definition) is 3. The fourth-order valence-electron chi connectivity index (χ4n) is 1.46. The van der Waals surface area contributed by atoms with E-state index in [-0.39, 0.29) is 5.91 Å². The van der Waals surface area contributed by atoms with Gasteiger partial charge in [0.1, 0.15) is 0 Å². The largest absolute Gasteiger partial charge is 0.340 e. The monoisotopic (exact) mass is 235 g/mol. The van der Waals surface area contributed by atoms with Gasteiger partial charge in [-0.05, 0) is 24.5 Å². The lowest BCUT2D eigenvalue weighted by Crippen LogP contribution is -2.28. The zero-order valence-electron chi connectivity index (χ0n) is 11.1. The van der Waals surface area contributed by atoms with Crippen LogP contribution in [0.2, 0.25) is 0 Å². The lowest BCUT2D eigenvalue weighted by atomic mass is 10.1. The molecule has 0 aliphatic rings. The topological polar surface area (TPSA) is 46.1 Å². The summed E-state index contributed by atoms with van der Waals surface area (Å²) in [5, 5.41) is 8.05. The number of aromatic nitrogens is 2. The molecule has 0 saturated carbocycles. The maximum absolute atomic E-state index is 12.0. The van der Waals surface area contributed by atoms with Gasteiger partial charge in [0.2, 0.25) is 0 Å². The summed E-state index contributed by atoms with van der Waals surface area (Å²) in [6.07, 6.45) is 2.09. The Hall–Kier alpha value is -1.45. The molecule has 4 nitrogen and oxygen atoms in total. The normalized spacial score (nSPS) is 10.6. The van der Waals surface area contributed by atoms with Gasteiger partial charge in [0.15, 0.2) is 5.69 Å². The number of amides is 1. The lowest BCUT2D eigenvalue weighted by Gasteiger charge is -2.15. The zero-order valence-corrected chi connectivity index (χ0v) is 11.1. The Morgan fingerprint density at radius 3 is 2.53 bits per heavy atom. The van der Waals surface area contributed by atoms with E-state index in [1.165, 1.54) is 0 Å². The summed E-state index contributed by atoms with van der Waals surface area (Å²) < 4.78 is 0. The second-order valence-corrected chi connectivity index (χ2v) is 4.58. The van der Waals surface area contributed by atoms with E-state index in [9.17, 15) is 4.79 Å². The van der Waals surface area contributed by atoms with Crippen molar-refractivity contribution in [2.45, 2.75) is 39.5 Å². The molecule has 0 aliphatic carbocycles. The predicted molar refractivity (Wildman–Crippen MR) is 68.0 cm³/mol. The zero-order chi connectivity index (χ0) is 12.8. The Balaban J connectivity index is 2.69. The van der Waals surface area contributed by atoms with Crippen LogP contribution in [0.1, 0.15) is 55.7 Å². The molecule has 0 N–H and O–H groups in total. The highest BCUT2D eigenvalue weighted by atomic mass is 16.2. The Labute approximate surface area is 103 Å². The van der Waals surface area contributed by atoms with E-state index in [1.807, 2.05) is 6.07 Å². The number of carbonyl (C=O) groups is 1. The average Bonchev–Trinajstić information content (AvgIpc) is 2.35. The van der Waals surface area contributed by atoms with Crippen molar-refractivity contribution in [1.29, 1.82) is 0 Å². The third-order valence-corrected chi connectivity index (χ3v) is 2.69. The summed E-state index contributed by atoms with van der Waals surface area (Å²) in [5.74, 6) is 0.283. The first-order chi connectivity index (χ1) is 8.06. The Morgan fingerprint density at radius 2 is 2.06 bits per heavy atom. The van der Waals surface area contributed by atoms with Crippen LogP contribution in [0.3, 0.4) is 0 Å².